The van der Waals surface area contributed by atoms with Crippen molar-refractivity contribution < 1.29 is 23.0 Å². The maximum atomic E-state index is 14.7. The predicted molar refractivity (Wildman–Crippen MR) is 155 cm³/mol. The molecular weight excluding hydrogens is 535 g/mol. The van der Waals surface area contributed by atoms with E-state index in [1.807, 2.05) is 32.0 Å². The Labute approximate surface area is 234 Å². The van der Waals surface area contributed by atoms with Gasteiger partial charge in [0.2, 0.25) is 5.95 Å². The Kier molecular flexibility index (Phi) is 7.62. The molecule has 0 amide bonds. The maximum absolute atomic E-state index is 14.7. The van der Waals surface area contributed by atoms with E-state index < -0.39 is 21.6 Å². The summed E-state index contributed by atoms with van der Waals surface area (Å²) < 4.78 is 38.4. The van der Waals surface area contributed by atoms with Gasteiger partial charge in [0.1, 0.15) is 21.5 Å². The Bertz CT molecular complexity index is 1500. The molecule has 0 aliphatic carbocycles. The lowest BCUT2D eigenvalue weighted by Gasteiger charge is -2.48. The number of rotatable bonds is 8. The van der Waals surface area contributed by atoms with Crippen LogP contribution in [0.3, 0.4) is 0 Å². The molecule has 5 rings (SSSR count). The summed E-state index contributed by atoms with van der Waals surface area (Å²) in [6, 6.07) is 7.74. The minimum atomic E-state index is -3.06. The molecule has 3 N–H and O–H groups in total. The fourth-order valence-electron chi connectivity index (χ4n) is 5.69. The van der Waals surface area contributed by atoms with Gasteiger partial charge in [-0.1, -0.05) is 13.0 Å². The highest BCUT2D eigenvalue weighted by Crippen LogP contribution is 2.39. The molecule has 10 nitrogen and oxygen atoms in total. The lowest BCUT2D eigenvalue weighted by molar-refractivity contribution is -0.00860. The van der Waals surface area contributed by atoms with Gasteiger partial charge in [-0.25, -0.2) is 22.8 Å². The van der Waals surface area contributed by atoms with Gasteiger partial charge in [0.25, 0.3) is 0 Å². The van der Waals surface area contributed by atoms with E-state index in [-0.39, 0.29) is 36.8 Å². The number of hydrogen-bond donors (Lipinski definition) is 3. The lowest BCUT2D eigenvalue weighted by atomic mass is 9.88. The first-order valence-corrected chi connectivity index (χ1v) is 15.6. The fourth-order valence-corrected chi connectivity index (χ4v) is 6.85. The lowest BCUT2D eigenvalue weighted by Crippen LogP contribution is -2.57. The molecule has 1 aromatic carbocycles. The van der Waals surface area contributed by atoms with Crippen LogP contribution in [-0.4, -0.2) is 89.6 Å². The van der Waals surface area contributed by atoms with Crippen LogP contribution in [0.4, 0.5) is 27.7 Å². The largest absolute Gasteiger partial charge is 0.396 e. The predicted octanol–water partition coefficient (Wildman–Crippen LogP) is 3.03. The van der Waals surface area contributed by atoms with E-state index in [0.29, 0.717) is 37.1 Å². The van der Waals surface area contributed by atoms with E-state index in [4.69, 9.17) is 0 Å². The minimum Gasteiger partial charge on any atom is -0.396 e. The van der Waals surface area contributed by atoms with Crippen molar-refractivity contribution in [2.45, 2.75) is 50.9 Å². The monoisotopic (exact) mass is 572 g/mol. The number of alkyl halides is 1. The number of nitrogens with zero attached hydrogens (tertiary/aromatic N) is 5. The highest BCUT2D eigenvalue weighted by molar-refractivity contribution is 7.90. The van der Waals surface area contributed by atoms with Crippen LogP contribution in [-0.2, 0) is 9.84 Å². The number of halogens is 1. The molecule has 0 spiro atoms. The normalized spacial score (nSPS) is 26.0. The summed E-state index contributed by atoms with van der Waals surface area (Å²) >= 11 is 0. The van der Waals surface area contributed by atoms with Gasteiger partial charge >= 0.3 is 0 Å². The van der Waals surface area contributed by atoms with Crippen LogP contribution in [0, 0.1) is 5.92 Å². The van der Waals surface area contributed by atoms with Crippen LogP contribution in [0.2, 0.25) is 0 Å². The minimum absolute atomic E-state index is 0.00298. The zero-order valence-electron chi connectivity index (χ0n) is 23.2. The third kappa shape index (κ3) is 5.70. The number of aliphatic hydroxyl groups is 2. The zero-order valence-corrected chi connectivity index (χ0v) is 24.1. The summed E-state index contributed by atoms with van der Waals surface area (Å²) in [6.07, 6.45) is 3.94. The topological polar surface area (TPSA) is 132 Å². The molecule has 2 aromatic heterocycles. The van der Waals surface area contributed by atoms with Gasteiger partial charge in [0, 0.05) is 67.3 Å². The van der Waals surface area contributed by atoms with Crippen molar-refractivity contribution in [2.75, 3.05) is 53.4 Å². The molecule has 40 heavy (non-hydrogen) atoms. The molecule has 2 aliphatic rings. The van der Waals surface area contributed by atoms with E-state index in [1.165, 1.54) is 13.2 Å². The number of hydrogen-bond acceptors (Lipinski definition) is 10. The average Bonchev–Trinajstić information content (AvgIpc) is 2.91. The van der Waals surface area contributed by atoms with Crippen LogP contribution >= 0.6 is 0 Å². The molecule has 12 heteroatoms. The molecule has 5 atom stereocenters. The summed E-state index contributed by atoms with van der Waals surface area (Å²) in [7, 11) is -3.06. The molecule has 216 valence electrons. The summed E-state index contributed by atoms with van der Waals surface area (Å²) in [5.41, 5.74) is 0.206. The zero-order chi connectivity index (χ0) is 28.8. The molecule has 0 saturated carbocycles. The van der Waals surface area contributed by atoms with Crippen molar-refractivity contribution >= 4 is 43.9 Å². The number of aliphatic hydroxyl groups excluding tert-OH is 2. The fraction of sp³-hybridized carbons (Fsp3) is 0.536. The van der Waals surface area contributed by atoms with E-state index in [9.17, 15) is 23.0 Å². The maximum Gasteiger partial charge on any atom is 0.227 e. The summed E-state index contributed by atoms with van der Waals surface area (Å²) in [5, 5.41) is 25.0. The number of aromatic nitrogens is 3. The SMILES string of the molecule is C[C@H](CO)c1ccc(N2C[C@@H](CS(C)(=O)=O)[C@@H]2C)c2cnc(Nc3ccnc(N4CC[C@@H](O)[C@@](C)(F)C4)n3)cc12. The Hall–Kier alpha value is -3.09. The van der Waals surface area contributed by atoms with Gasteiger partial charge in [-0.3, -0.25) is 0 Å². The van der Waals surface area contributed by atoms with E-state index in [2.05, 4.69) is 25.2 Å². The molecule has 3 aromatic rings. The van der Waals surface area contributed by atoms with Crippen molar-refractivity contribution in [3.8, 4) is 0 Å². The average molecular weight is 573 g/mol. The number of piperidine rings is 1. The molecule has 0 radical (unpaired) electrons. The summed E-state index contributed by atoms with van der Waals surface area (Å²) in [4.78, 5) is 17.5. The Balaban J connectivity index is 1.43. The number of benzene rings is 1. The third-order valence-corrected chi connectivity index (χ3v) is 9.23. The van der Waals surface area contributed by atoms with Gasteiger partial charge in [-0.2, -0.15) is 4.98 Å². The van der Waals surface area contributed by atoms with Gasteiger partial charge < -0.3 is 25.3 Å². The summed E-state index contributed by atoms with van der Waals surface area (Å²) in [5.74, 6) is 1.55. The molecule has 2 aliphatic heterocycles. The summed E-state index contributed by atoms with van der Waals surface area (Å²) in [6.45, 7) is 6.47. The Morgan fingerprint density at radius 1 is 1.23 bits per heavy atom. The number of sulfone groups is 1. The quantitative estimate of drug-likeness (QED) is 0.370. The number of nitrogens with one attached hydrogen (secondary N) is 1. The van der Waals surface area contributed by atoms with Gasteiger partial charge in [0.15, 0.2) is 5.67 Å². The van der Waals surface area contributed by atoms with Crippen molar-refractivity contribution in [3.63, 3.8) is 0 Å². The molecule has 2 fully saturated rings. The standard InChI is InChI=1S/C28H37FN6O4S/c1-17(14-36)20-5-6-23(35-13-19(18(35)2)15-40(4,38)39)22-12-31-26(11-21(20)22)32-25-7-9-30-27(33-25)34-10-8-24(37)28(3,29)16-34/h5-7,9,11-12,17-19,24,36-37H,8,10,13-16H2,1-4H3,(H,30,31,32,33)/t17-,18+,19+,24-,28+/m1/s1. The van der Waals surface area contributed by atoms with Crippen molar-refractivity contribution in [1.82, 2.24) is 15.0 Å². The number of pyridine rings is 1. The van der Waals surface area contributed by atoms with Gasteiger partial charge in [-0.05, 0) is 49.4 Å². The van der Waals surface area contributed by atoms with Crippen LogP contribution < -0.4 is 15.1 Å². The second kappa shape index (κ2) is 10.7. The Morgan fingerprint density at radius 3 is 2.67 bits per heavy atom. The first-order valence-electron chi connectivity index (χ1n) is 13.6. The smallest absolute Gasteiger partial charge is 0.227 e. The number of anilines is 4. The number of fused-ring (bicyclic) bond motifs is 1. The molecule has 0 bridgehead atoms. The second-order valence-electron chi connectivity index (χ2n) is 11.5. The first-order chi connectivity index (χ1) is 18.9. The highest BCUT2D eigenvalue weighted by Gasteiger charge is 2.40. The molecule has 2 saturated heterocycles. The Morgan fingerprint density at radius 2 is 2.00 bits per heavy atom. The third-order valence-electron chi connectivity index (χ3n) is 8.20. The van der Waals surface area contributed by atoms with Crippen LogP contribution in [0.15, 0.2) is 36.7 Å². The van der Waals surface area contributed by atoms with E-state index in [0.717, 1.165) is 22.0 Å². The van der Waals surface area contributed by atoms with Gasteiger partial charge in [-0.15, -0.1) is 0 Å². The van der Waals surface area contributed by atoms with E-state index >= 15 is 0 Å². The van der Waals surface area contributed by atoms with Crippen LogP contribution in [0.1, 0.15) is 38.7 Å². The van der Waals surface area contributed by atoms with Crippen molar-refractivity contribution in [2.24, 2.45) is 5.92 Å². The highest BCUT2D eigenvalue weighted by atomic mass is 32.2. The van der Waals surface area contributed by atoms with Gasteiger partial charge in [0.05, 0.1) is 18.4 Å². The van der Waals surface area contributed by atoms with Crippen molar-refractivity contribution in [3.05, 3.63) is 42.2 Å². The first kappa shape index (κ1) is 28.4. The van der Waals surface area contributed by atoms with Crippen LogP contribution in [0.5, 0.6) is 0 Å². The molecular formula is C28H37FN6O4S. The van der Waals surface area contributed by atoms with E-state index in [1.54, 1.807) is 23.4 Å². The second-order valence-corrected chi connectivity index (χ2v) is 13.7. The van der Waals surface area contributed by atoms with Crippen molar-refractivity contribution in [1.29, 1.82) is 0 Å². The van der Waals surface area contributed by atoms with Crippen LogP contribution in [0.25, 0.3) is 10.8 Å². The molecule has 4 heterocycles. The molecule has 0 unspecified atom stereocenters.